The second-order valence-corrected chi connectivity index (χ2v) is 6.99. The maximum absolute atomic E-state index is 11.4. The highest BCUT2D eigenvalue weighted by molar-refractivity contribution is 7.91. The molecule has 96 valence electrons. The molecule has 0 radical (unpaired) electrons. The van der Waals surface area contributed by atoms with Gasteiger partial charge >= 0.3 is 6.01 Å². The van der Waals surface area contributed by atoms with Gasteiger partial charge in [0.15, 0.2) is 9.84 Å². The summed E-state index contributed by atoms with van der Waals surface area (Å²) in [6.45, 7) is 2.74. The number of sulfone groups is 1. The van der Waals surface area contributed by atoms with Crippen molar-refractivity contribution in [2.24, 2.45) is 0 Å². The Morgan fingerprint density at radius 1 is 1.35 bits per heavy atom. The zero-order valence-corrected chi connectivity index (χ0v) is 11.0. The monoisotopic (exact) mass is 279 g/mol. The second kappa shape index (κ2) is 4.81. The van der Waals surface area contributed by atoms with Crippen molar-refractivity contribution in [1.29, 1.82) is 0 Å². The average Bonchev–Trinajstić information content (AvgIpc) is 2.65. The van der Waals surface area contributed by atoms with Crippen LogP contribution in [0.2, 0.25) is 0 Å². The number of anilines is 1. The SMILES string of the molecule is CC(Cl)c1nnc(N2CCCS(=O)(=O)CC2)o1. The lowest BCUT2D eigenvalue weighted by Gasteiger charge is -2.15. The second-order valence-electron chi connectivity index (χ2n) is 4.03. The van der Waals surface area contributed by atoms with Gasteiger partial charge in [-0.25, -0.2) is 8.42 Å². The Labute approximate surface area is 105 Å². The topological polar surface area (TPSA) is 76.3 Å². The van der Waals surface area contributed by atoms with Gasteiger partial charge in [-0.1, -0.05) is 5.10 Å². The highest BCUT2D eigenvalue weighted by Gasteiger charge is 2.23. The average molecular weight is 280 g/mol. The van der Waals surface area contributed by atoms with Crippen molar-refractivity contribution in [3.05, 3.63) is 5.89 Å². The molecule has 1 aromatic rings. The van der Waals surface area contributed by atoms with Gasteiger partial charge in [0.1, 0.15) is 5.38 Å². The van der Waals surface area contributed by atoms with Crippen LogP contribution in [0, 0.1) is 0 Å². The third-order valence-corrected chi connectivity index (χ3v) is 4.50. The first kappa shape index (κ1) is 12.6. The molecule has 17 heavy (non-hydrogen) atoms. The first-order chi connectivity index (χ1) is 7.98. The van der Waals surface area contributed by atoms with Crippen LogP contribution < -0.4 is 4.90 Å². The van der Waals surface area contributed by atoms with E-state index >= 15 is 0 Å². The van der Waals surface area contributed by atoms with Crippen LogP contribution in [0.1, 0.15) is 24.6 Å². The predicted molar refractivity (Wildman–Crippen MR) is 64.0 cm³/mol. The predicted octanol–water partition coefficient (Wildman–Crippen LogP) is 0.994. The summed E-state index contributed by atoms with van der Waals surface area (Å²) in [6, 6.07) is 0.351. The molecule has 6 nitrogen and oxygen atoms in total. The summed E-state index contributed by atoms with van der Waals surface area (Å²) >= 11 is 5.82. The fourth-order valence-corrected chi connectivity index (χ4v) is 3.00. The van der Waals surface area contributed by atoms with Crippen LogP contribution in [0.15, 0.2) is 4.42 Å². The van der Waals surface area contributed by atoms with E-state index in [1.807, 2.05) is 0 Å². The lowest BCUT2D eigenvalue weighted by molar-refractivity contribution is 0.485. The molecule has 0 aliphatic carbocycles. The van der Waals surface area contributed by atoms with Crippen molar-refractivity contribution < 1.29 is 12.8 Å². The molecule has 1 unspecified atom stereocenters. The molecular formula is C9H14ClN3O3S. The van der Waals surface area contributed by atoms with E-state index in [1.54, 1.807) is 11.8 Å². The van der Waals surface area contributed by atoms with Crippen LogP contribution in [0.25, 0.3) is 0 Å². The molecule has 8 heteroatoms. The molecule has 0 spiro atoms. The molecule has 1 aliphatic rings. The largest absolute Gasteiger partial charge is 0.406 e. The molecule has 0 amide bonds. The summed E-state index contributed by atoms with van der Waals surface area (Å²) in [6.07, 6.45) is 0.580. The molecule has 0 N–H and O–H groups in total. The fourth-order valence-electron chi connectivity index (χ4n) is 1.64. The zero-order valence-electron chi connectivity index (χ0n) is 9.47. The minimum Gasteiger partial charge on any atom is -0.406 e. The van der Waals surface area contributed by atoms with E-state index in [0.29, 0.717) is 31.4 Å². The first-order valence-electron chi connectivity index (χ1n) is 5.41. The van der Waals surface area contributed by atoms with Crippen molar-refractivity contribution in [3.63, 3.8) is 0 Å². The number of aromatic nitrogens is 2. The fraction of sp³-hybridized carbons (Fsp3) is 0.778. The summed E-state index contributed by atoms with van der Waals surface area (Å²) in [5.74, 6) is 0.700. The van der Waals surface area contributed by atoms with Gasteiger partial charge in [0, 0.05) is 13.1 Å². The van der Waals surface area contributed by atoms with Crippen molar-refractivity contribution in [2.45, 2.75) is 18.7 Å². The van der Waals surface area contributed by atoms with E-state index in [-0.39, 0.29) is 16.9 Å². The summed E-state index contributed by atoms with van der Waals surface area (Å²) in [5.41, 5.74) is 0. The standard InChI is InChI=1S/C9H14ClN3O3S/c1-7(10)8-11-12-9(16-8)13-3-2-5-17(14,15)6-4-13/h7H,2-6H2,1H3. The van der Waals surface area contributed by atoms with Crippen LogP contribution in [-0.2, 0) is 9.84 Å². The van der Waals surface area contributed by atoms with Crippen LogP contribution >= 0.6 is 11.6 Å². The van der Waals surface area contributed by atoms with E-state index in [2.05, 4.69) is 10.2 Å². The van der Waals surface area contributed by atoms with Crippen molar-refractivity contribution in [2.75, 3.05) is 29.5 Å². The summed E-state index contributed by atoms with van der Waals surface area (Å²) in [7, 11) is -2.93. The number of hydrogen-bond acceptors (Lipinski definition) is 6. The van der Waals surface area contributed by atoms with E-state index in [0.717, 1.165) is 0 Å². The highest BCUT2D eigenvalue weighted by atomic mass is 35.5. The van der Waals surface area contributed by atoms with E-state index in [1.165, 1.54) is 0 Å². The van der Waals surface area contributed by atoms with Crippen LogP contribution in [0.3, 0.4) is 0 Å². The van der Waals surface area contributed by atoms with Gasteiger partial charge in [0.05, 0.1) is 11.5 Å². The number of hydrogen-bond donors (Lipinski definition) is 0. The molecule has 0 bridgehead atoms. The summed E-state index contributed by atoms with van der Waals surface area (Å²) in [4.78, 5) is 1.79. The van der Waals surface area contributed by atoms with E-state index in [9.17, 15) is 8.42 Å². The van der Waals surface area contributed by atoms with Crippen LogP contribution in [0.5, 0.6) is 0 Å². The minimum atomic E-state index is -2.93. The van der Waals surface area contributed by atoms with Crippen molar-refractivity contribution in [3.8, 4) is 0 Å². The smallest absolute Gasteiger partial charge is 0.318 e. The van der Waals surface area contributed by atoms with Gasteiger partial charge in [-0.3, -0.25) is 0 Å². The van der Waals surface area contributed by atoms with Crippen molar-refractivity contribution >= 4 is 27.5 Å². The minimum absolute atomic E-state index is 0.126. The first-order valence-corrected chi connectivity index (χ1v) is 7.66. The highest BCUT2D eigenvalue weighted by Crippen LogP contribution is 2.22. The van der Waals surface area contributed by atoms with Crippen LogP contribution in [-0.4, -0.2) is 43.2 Å². The Morgan fingerprint density at radius 2 is 2.12 bits per heavy atom. The van der Waals surface area contributed by atoms with Crippen molar-refractivity contribution in [1.82, 2.24) is 10.2 Å². The molecule has 1 atom stereocenters. The number of alkyl halides is 1. The summed E-state index contributed by atoms with van der Waals surface area (Å²) < 4.78 is 28.3. The molecule has 1 aliphatic heterocycles. The van der Waals surface area contributed by atoms with Gasteiger partial charge in [-0.2, -0.15) is 0 Å². The van der Waals surface area contributed by atoms with Gasteiger partial charge in [-0.15, -0.1) is 16.7 Å². The molecule has 2 rings (SSSR count). The quantitative estimate of drug-likeness (QED) is 0.752. The van der Waals surface area contributed by atoms with E-state index < -0.39 is 9.84 Å². The molecule has 1 aromatic heterocycles. The number of halogens is 1. The third-order valence-electron chi connectivity index (χ3n) is 2.60. The summed E-state index contributed by atoms with van der Waals surface area (Å²) in [5, 5.41) is 7.36. The Bertz CT molecular complexity index is 485. The van der Waals surface area contributed by atoms with Gasteiger partial charge in [0.25, 0.3) is 0 Å². The maximum atomic E-state index is 11.4. The third kappa shape index (κ3) is 3.10. The van der Waals surface area contributed by atoms with E-state index in [4.69, 9.17) is 16.0 Å². The number of nitrogens with zero attached hydrogens (tertiary/aromatic N) is 3. The molecule has 1 saturated heterocycles. The lowest BCUT2D eigenvalue weighted by Crippen LogP contribution is -2.26. The zero-order chi connectivity index (χ0) is 12.5. The van der Waals surface area contributed by atoms with Gasteiger partial charge < -0.3 is 9.32 Å². The normalized spacial score (nSPS) is 22.1. The van der Waals surface area contributed by atoms with Gasteiger partial charge in [0.2, 0.25) is 5.89 Å². The lowest BCUT2D eigenvalue weighted by atomic mass is 10.4. The molecule has 0 saturated carbocycles. The molecule has 1 fully saturated rings. The molecular weight excluding hydrogens is 266 g/mol. The Hall–Kier alpha value is -0.820. The molecule has 2 heterocycles. The van der Waals surface area contributed by atoms with Crippen LogP contribution in [0.4, 0.5) is 6.01 Å². The Balaban J connectivity index is 2.11. The maximum Gasteiger partial charge on any atom is 0.318 e. The Kier molecular flexibility index (Phi) is 3.58. The molecule has 0 aromatic carbocycles. The Morgan fingerprint density at radius 3 is 2.76 bits per heavy atom. The van der Waals surface area contributed by atoms with Gasteiger partial charge in [-0.05, 0) is 13.3 Å². The number of rotatable bonds is 2.